The highest BCUT2D eigenvalue weighted by Gasteiger charge is 2.19. The fraction of sp³-hybridized carbons (Fsp3) is 0.278. The Morgan fingerprint density at radius 2 is 1.73 bits per heavy atom. The Labute approximate surface area is 130 Å². The predicted molar refractivity (Wildman–Crippen MR) is 86.9 cm³/mol. The Morgan fingerprint density at radius 3 is 2.23 bits per heavy atom. The number of primary amides is 1. The summed E-state index contributed by atoms with van der Waals surface area (Å²) in [6.07, 6.45) is 0.671. The van der Waals surface area contributed by atoms with Crippen LogP contribution in [-0.4, -0.2) is 13.0 Å². The second-order valence-corrected chi connectivity index (χ2v) is 5.16. The van der Waals surface area contributed by atoms with Crippen molar-refractivity contribution in [3.8, 4) is 17.2 Å². The minimum Gasteiger partial charge on any atom is -0.496 e. The molecule has 0 saturated heterocycles. The molecule has 0 unspecified atom stereocenters. The standard InChI is InChI=1S/C18H21NO3/c1-5-13-15(21-4)10-9-14(18(19)20)17(13)22-16-11(2)7-6-8-12(16)3/h6-10H,5H2,1-4H3,(H2,19,20). The fourth-order valence-corrected chi connectivity index (χ4v) is 2.51. The number of hydrogen-bond acceptors (Lipinski definition) is 3. The third-order valence-electron chi connectivity index (χ3n) is 3.67. The fourth-order valence-electron chi connectivity index (χ4n) is 2.51. The maximum atomic E-state index is 11.8. The summed E-state index contributed by atoms with van der Waals surface area (Å²) in [5.74, 6) is 1.40. The van der Waals surface area contributed by atoms with Crippen LogP contribution >= 0.6 is 0 Å². The Hall–Kier alpha value is -2.49. The van der Waals surface area contributed by atoms with E-state index in [1.807, 2.05) is 39.0 Å². The maximum Gasteiger partial charge on any atom is 0.252 e. The predicted octanol–water partition coefficient (Wildman–Crippen LogP) is 3.77. The van der Waals surface area contributed by atoms with E-state index in [2.05, 4.69) is 0 Å². The van der Waals surface area contributed by atoms with Crippen molar-refractivity contribution in [3.05, 3.63) is 52.6 Å². The molecule has 2 rings (SSSR count). The first-order valence-corrected chi connectivity index (χ1v) is 7.23. The second-order valence-electron chi connectivity index (χ2n) is 5.16. The van der Waals surface area contributed by atoms with Gasteiger partial charge in [-0.05, 0) is 43.5 Å². The van der Waals surface area contributed by atoms with Gasteiger partial charge in [0, 0.05) is 5.56 Å². The van der Waals surface area contributed by atoms with Gasteiger partial charge in [0.1, 0.15) is 17.2 Å². The molecule has 1 amide bonds. The van der Waals surface area contributed by atoms with Gasteiger partial charge in [0.15, 0.2) is 0 Å². The van der Waals surface area contributed by atoms with Gasteiger partial charge in [0.2, 0.25) is 0 Å². The van der Waals surface area contributed by atoms with Gasteiger partial charge in [-0.25, -0.2) is 0 Å². The Kier molecular flexibility index (Phi) is 4.71. The summed E-state index contributed by atoms with van der Waals surface area (Å²) in [5.41, 5.74) is 8.70. The average molecular weight is 299 g/mol. The number of methoxy groups -OCH3 is 1. The summed E-state index contributed by atoms with van der Waals surface area (Å²) < 4.78 is 11.5. The number of carbonyl (C=O) groups is 1. The molecular formula is C18H21NO3. The number of benzene rings is 2. The van der Waals surface area contributed by atoms with Crippen molar-refractivity contribution in [2.24, 2.45) is 5.73 Å². The number of aryl methyl sites for hydroxylation is 2. The van der Waals surface area contributed by atoms with E-state index in [1.165, 1.54) is 0 Å². The molecule has 0 atom stereocenters. The Morgan fingerprint density at radius 1 is 1.09 bits per heavy atom. The summed E-state index contributed by atoms with van der Waals surface area (Å²) in [4.78, 5) is 11.8. The zero-order chi connectivity index (χ0) is 16.3. The highest BCUT2D eigenvalue weighted by atomic mass is 16.5. The van der Waals surface area contributed by atoms with E-state index in [-0.39, 0.29) is 0 Å². The number of rotatable bonds is 5. The molecular weight excluding hydrogens is 278 g/mol. The summed E-state index contributed by atoms with van der Waals surface area (Å²) in [6.45, 7) is 5.93. The van der Waals surface area contributed by atoms with E-state index in [9.17, 15) is 4.79 Å². The Bertz CT molecular complexity index is 687. The summed E-state index contributed by atoms with van der Waals surface area (Å²) in [5, 5.41) is 0. The zero-order valence-electron chi connectivity index (χ0n) is 13.4. The first-order valence-electron chi connectivity index (χ1n) is 7.23. The highest BCUT2D eigenvalue weighted by molar-refractivity contribution is 5.96. The van der Waals surface area contributed by atoms with E-state index in [4.69, 9.17) is 15.2 Å². The Balaban J connectivity index is 2.64. The molecule has 4 nitrogen and oxygen atoms in total. The van der Waals surface area contributed by atoms with Crippen molar-refractivity contribution >= 4 is 5.91 Å². The molecule has 2 aromatic rings. The van der Waals surface area contributed by atoms with E-state index in [0.29, 0.717) is 23.5 Å². The lowest BCUT2D eigenvalue weighted by atomic mass is 10.0. The van der Waals surface area contributed by atoms with Crippen molar-refractivity contribution in [2.75, 3.05) is 7.11 Å². The van der Waals surface area contributed by atoms with Gasteiger partial charge in [-0.2, -0.15) is 0 Å². The molecule has 0 aliphatic heterocycles. The normalized spacial score (nSPS) is 10.4. The lowest BCUT2D eigenvalue weighted by Gasteiger charge is -2.18. The van der Waals surface area contributed by atoms with Gasteiger partial charge in [-0.15, -0.1) is 0 Å². The van der Waals surface area contributed by atoms with Crippen LogP contribution in [0, 0.1) is 13.8 Å². The van der Waals surface area contributed by atoms with Gasteiger partial charge in [-0.3, -0.25) is 4.79 Å². The molecule has 116 valence electrons. The van der Waals surface area contributed by atoms with Gasteiger partial charge in [0.25, 0.3) is 5.91 Å². The molecule has 0 fully saturated rings. The van der Waals surface area contributed by atoms with Crippen LogP contribution in [0.1, 0.15) is 34.0 Å². The second kappa shape index (κ2) is 6.52. The van der Waals surface area contributed by atoms with E-state index >= 15 is 0 Å². The molecule has 22 heavy (non-hydrogen) atoms. The third-order valence-corrected chi connectivity index (χ3v) is 3.67. The average Bonchev–Trinajstić information content (AvgIpc) is 2.49. The first-order chi connectivity index (χ1) is 10.5. The van der Waals surface area contributed by atoms with E-state index in [0.717, 1.165) is 22.4 Å². The number of amides is 1. The van der Waals surface area contributed by atoms with Crippen molar-refractivity contribution in [3.63, 3.8) is 0 Å². The molecule has 0 aliphatic rings. The van der Waals surface area contributed by atoms with Crippen molar-refractivity contribution in [2.45, 2.75) is 27.2 Å². The molecule has 0 aromatic heterocycles. The minimum absolute atomic E-state index is 0.361. The molecule has 0 saturated carbocycles. The third kappa shape index (κ3) is 2.91. The quantitative estimate of drug-likeness (QED) is 0.914. The van der Waals surface area contributed by atoms with Gasteiger partial charge in [-0.1, -0.05) is 25.1 Å². The van der Waals surface area contributed by atoms with Crippen molar-refractivity contribution < 1.29 is 14.3 Å². The van der Waals surface area contributed by atoms with E-state index < -0.39 is 5.91 Å². The van der Waals surface area contributed by atoms with Crippen LogP contribution in [0.15, 0.2) is 30.3 Å². The van der Waals surface area contributed by atoms with E-state index in [1.54, 1.807) is 19.2 Å². The lowest BCUT2D eigenvalue weighted by Crippen LogP contribution is -2.14. The van der Waals surface area contributed by atoms with Crippen LogP contribution < -0.4 is 15.2 Å². The molecule has 2 N–H and O–H groups in total. The molecule has 0 heterocycles. The molecule has 0 spiro atoms. The first kappa shape index (κ1) is 15.9. The largest absolute Gasteiger partial charge is 0.496 e. The summed E-state index contributed by atoms with van der Waals surface area (Å²) >= 11 is 0. The summed E-state index contributed by atoms with van der Waals surface area (Å²) in [7, 11) is 1.60. The molecule has 0 bridgehead atoms. The zero-order valence-corrected chi connectivity index (χ0v) is 13.4. The smallest absolute Gasteiger partial charge is 0.252 e. The molecule has 0 aliphatic carbocycles. The summed E-state index contributed by atoms with van der Waals surface area (Å²) in [6, 6.07) is 9.30. The van der Waals surface area contributed by atoms with Gasteiger partial charge in [0.05, 0.1) is 12.7 Å². The number of hydrogen-bond donors (Lipinski definition) is 1. The number of carbonyl (C=O) groups excluding carboxylic acids is 1. The molecule has 2 aromatic carbocycles. The maximum absolute atomic E-state index is 11.8. The molecule has 4 heteroatoms. The van der Waals surface area contributed by atoms with Crippen LogP contribution in [0.3, 0.4) is 0 Å². The van der Waals surface area contributed by atoms with Crippen LogP contribution in [0.2, 0.25) is 0 Å². The number of nitrogens with two attached hydrogens (primary N) is 1. The van der Waals surface area contributed by atoms with Gasteiger partial charge < -0.3 is 15.2 Å². The topological polar surface area (TPSA) is 61.5 Å². The van der Waals surface area contributed by atoms with Gasteiger partial charge >= 0.3 is 0 Å². The lowest BCUT2D eigenvalue weighted by molar-refractivity contribution is 0.0998. The van der Waals surface area contributed by atoms with Crippen LogP contribution in [-0.2, 0) is 6.42 Å². The number of para-hydroxylation sites is 1. The monoisotopic (exact) mass is 299 g/mol. The van der Waals surface area contributed by atoms with Crippen molar-refractivity contribution in [1.29, 1.82) is 0 Å². The minimum atomic E-state index is -0.515. The van der Waals surface area contributed by atoms with Crippen molar-refractivity contribution in [1.82, 2.24) is 0 Å². The van der Waals surface area contributed by atoms with Crippen LogP contribution in [0.4, 0.5) is 0 Å². The number of ether oxygens (including phenoxy) is 2. The highest BCUT2D eigenvalue weighted by Crippen LogP contribution is 2.37. The molecule has 0 radical (unpaired) electrons. The van der Waals surface area contributed by atoms with Crippen LogP contribution in [0.5, 0.6) is 17.2 Å². The SMILES string of the molecule is CCc1c(OC)ccc(C(N)=O)c1Oc1c(C)cccc1C. The van der Waals surface area contributed by atoms with Crippen LogP contribution in [0.25, 0.3) is 0 Å².